The quantitative estimate of drug-likeness (QED) is 0.871. The molecule has 0 bridgehead atoms. The van der Waals surface area contributed by atoms with Gasteiger partial charge in [-0.05, 0) is 68.4 Å². The number of aromatic nitrogens is 2. The van der Waals surface area contributed by atoms with Gasteiger partial charge >= 0.3 is 0 Å². The van der Waals surface area contributed by atoms with E-state index in [2.05, 4.69) is 19.6 Å². The molecule has 2 heterocycles. The molecule has 1 aliphatic heterocycles. The van der Waals surface area contributed by atoms with Gasteiger partial charge in [-0.1, -0.05) is 6.07 Å². The van der Waals surface area contributed by atoms with Crippen LogP contribution >= 0.6 is 0 Å². The van der Waals surface area contributed by atoms with Gasteiger partial charge in [0.2, 0.25) is 16.0 Å². The molecule has 1 saturated heterocycles. The zero-order valence-corrected chi connectivity index (χ0v) is 16.4. The number of nitrogens with zero attached hydrogens (tertiary/aromatic N) is 3. The molecular weight excluding hydrogens is 348 g/mol. The standard InChI is InChI=1S/C19H26N4O2S/c1-14-11-16(3)18(12-15(14)2)26(24,25)22-13-17-5-9-23(10-6-17)19-20-7-4-8-21-19/h4,7-8,11-12,17,22H,5-6,9-10,13H2,1-3H3. The van der Waals surface area contributed by atoms with Crippen molar-refractivity contribution in [3.8, 4) is 0 Å². The number of nitrogens with one attached hydrogen (secondary N) is 1. The fourth-order valence-electron chi connectivity index (χ4n) is 3.32. The van der Waals surface area contributed by atoms with E-state index < -0.39 is 10.0 Å². The third-order valence-electron chi connectivity index (χ3n) is 5.09. The molecule has 0 aliphatic carbocycles. The van der Waals surface area contributed by atoms with Gasteiger partial charge < -0.3 is 4.90 Å². The van der Waals surface area contributed by atoms with E-state index >= 15 is 0 Å². The van der Waals surface area contributed by atoms with Gasteiger partial charge in [0, 0.05) is 32.0 Å². The highest BCUT2D eigenvalue weighted by molar-refractivity contribution is 7.89. The molecule has 0 spiro atoms. The highest BCUT2D eigenvalue weighted by Crippen LogP contribution is 2.22. The Bertz CT molecular complexity index is 861. The van der Waals surface area contributed by atoms with E-state index in [4.69, 9.17) is 0 Å². The molecule has 0 atom stereocenters. The first-order valence-corrected chi connectivity index (χ1v) is 10.4. The zero-order valence-electron chi connectivity index (χ0n) is 15.6. The van der Waals surface area contributed by atoms with Crippen molar-refractivity contribution in [1.82, 2.24) is 14.7 Å². The lowest BCUT2D eigenvalue weighted by Gasteiger charge is -2.31. The Labute approximate surface area is 155 Å². The van der Waals surface area contributed by atoms with Gasteiger partial charge in [0.1, 0.15) is 0 Å². The van der Waals surface area contributed by atoms with E-state index in [1.54, 1.807) is 24.5 Å². The van der Waals surface area contributed by atoms with Gasteiger partial charge in [0.15, 0.2) is 0 Å². The Hall–Kier alpha value is -1.99. The van der Waals surface area contributed by atoms with Crippen molar-refractivity contribution >= 4 is 16.0 Å². The largest absolute Gasteiger partial charge is 0.341 e. The van der Waals surface area contributed by atoms with Gasteiger partial charge in [-0.3, -0.25) is 0 Å². The molecule has 140 valence electrons. The summed E-state index contributed by atoms with van der Waals surface area (Å²) in [7, 11) is -3.48. The molecule has 6 nitrogen and oxygen atoms in total. The molecule has 7 heteroatoms. The van der Waals surface area contributed by atoms with Crippen LogP contribution in [0.5, 0.6) is 0 Å². The van der Waals surface area contributed by atoms with Gasteiger partial charge in [-0.15, -0.1) is 0 Å². The Kier molecular flexibility index (Phi) is 5.58. The molecule has 1 aliphatic rings. The van der Waals surface area contributed by atoms with Gasteiger partial charge in [0.05, 0.1) is 4.90 Å². The Morgan fingerprint density at radius 3 is 2.31 bits per heavy atom. The summed E-state index contributed by atoms with van der Waals surface area (Å²) in [4.78, 5) is 11.1. The second-order valence-electron chi connectivity index (χ2n) is 7.03. The predicted molar refractivity (Wildman–Crippen MR) is 103 cm³/mol. The fourth-order valence-corrected chi connectivity index (χ4v) is 4.75. The average molecular weight is 375 g/mol. The predicted octanol–water partition coefficient (Wildman–Crippen LogP) is 2.60. The number of hydrogen-bond acceptors (Lipinski definition) is 5. The topological polar surface area (TPSA) is 75.2 Å². The summed E-state index contributed by atoms with van der Waals surface area (Å²) in [6.45, 7) is 7.95. The number of anilines is 1. The number of aryl methyl sites for hydroxylation is 3. The van der Waals surface area contributed by atoms with Crippen molar-refractivity contribution in [2.75, 3.05) is 24.5 Å². The molecular formula is C19H26N4O2S. The first-order chi connectivity index (χ1) is 12.4. The minimum Gasteiger partial charge on any atom is -0.341 e. The molecule has 3 rings (SSSR count). The number of benzene rings is 1. The number of sulfonamides is 1. The smallest absolute Gasteiger partial charge is 0.240 e. The maximum Gasteiger partial charge on any atom is 0.240 e. The maximum atomic E-state index is 12.7. The van der Waals surface area contributed by atoms with Crippen molar-refractivity contribution in [3.05, 3.63) is 47.3 Å². The second-order valence-corrected chi connectivity index (χ2v) is 8.77. The van der Waals surface area contributed by atoms with Crippen molar-refractivity contribution in [2.45, 2.75) is 38.5 Å². The molecule has 0 amide bonds. The molecule has 1 N–H and O–H groups in total. The van der Waals surface area contributed by atoms with Crippen LogP contribution in [0.15, 0.2) is 35.5 Å². The molecule has 0 unspecified atom stereocenters. The first-order valence-electron chi connectivity index (χ1n) is 8.96. The molecule has 1 aromatic carbocycles. The molecule has 1 aromatic heterocycles. The van der Waals surface area contributed by atoms with E-state index in [1.165, 1.54) is 0 Å². The van der Waals surface area contributed by atoms with Crippen LogP contribution in [0.2, 0.25) is 0 Å². The summed E-state index contributed by atoms with van der Waals surface area (Å²) >= 11 is 0. The summed E-state index contributed by atoms with van der Waals surface area (Å²) < 4.78 is 28.2. The van der Waals surface area contributed by atoms with Crippen molar-refractivity contribution in [1.29, 1.82) is 0 Å². The van der Waals surface area contributed by atoms with Crippen LogP contribution in [0, 0.1) is 26.7 Å². The molecule has 1 fully saturated rings. The lowest BCUT2D eigenvalue weighted by Crippen LogP contribution is -2.39. The van der Waals surface area contributed by atoms with Crippen molar-refractivity contribution in [2.24, 2.45) is 5.92 Å². The van der Waals surface area contributed by atoms with Crippen LogP contribution in [-0.2, 0) is 10.0 Å². The van der Waals surface area contributed by atoms with Crippen LogP contribution in [0.25, 0.3) is 0 Å². The summed E-state index contributed by atoms with van der Waals surface area (Å²) in [6.07, 6.45) is 5.34. The van der Waals surface area contributed by atoms with Gasteiger partial charge in [0.25, 0.3) is 0 Å². The third kappa shape index (κ3) is 4.22. The Morgan fingerprint density at radius 1 is 1.04 bits per heavy atom. The normalized spacial score (nSPS) is 16.0. The second kappa shape index (κ2) is 7.72. The number of hydrogen-bond donors (Lipinski definition) is 1. The van der Waals surface area contributed by atoms with Crippen LogP contribution < -0.4 is 9.62 Å². The van der Waals surface area contributed by atoms with Gasteiger partial charge in [-0.2, -0.15) is 0 Å². The Morgan fingerprint density at radius 2 is 1.65 bits per heavy atom. The van der Waals surface area contributed by atoms with E-state index in [1.807, 2.05) is 26.8 Å². The Balaban J connectivity index is 1.59. The first kappa shape index (κ1) is 18.8. The fraction of sp³-hybridized carbons (Fsp3) is 0.474. The average Bonchev–Trinajstić information content (AvgIpc) is 2.64. The number of piperidine rings is 1. The van der Waals surface area contributed by atoms with Crippen LogP contribution in [0.4, 0.5) is 5.95 Å². The molecule has 2 aromatic rings. The van der Waals surface area contributed by atoms with Crippen molar-refractivity contribution in [3.63, 3.8) is 0 Å². The van der Waals surface area contributed by atoms with E-state index in [0.717, 1.165) is 48.6 Å². The number of rotatable bonds is 5. The van der Waals surface area contributed by atoms with Gasteiger partial charge in [-0.25, -0.2) is 23.1 Å². The minimum atomic E-state index is -3.48. The SMILES string of the molecule is Cc1cc(C)c(S(=O)(=O)NCC2CCN(c3ncccn3)CC2)cc1C. The summed E-state index contributed by atoms with van der Waals surface area (Å²) in [5.74, 6) is 1.08. The summed E-state index contributed by atoms with van der Waals surface area (Å²) in [5, 5.41) is 0. The highest BCUT2D eigenvalue weighted by Gasteiger charge is 2.24. The van der Waals surface area contributed by atoms with Crippen LogP contribution in [0.1, 0.15) is 29.5 Å². The van der Waals surface area contributed by atoms with Crippen LogP contribution in [0.3, 0.4) is 0 Å². The van der Waals surface area contributed by atoms with Crippen molar-refractivity contribution < 1.29 is 8.42 Å². The lowest BCUT2D eigenvalue weighted by atomic mass is 9.97. The minimum absolute atomic E-state index is 0.330. The monoisotopic (exact) mass is 374 g/mol. The highest BCUT2D eigenvalue weighted by atomic mass is 32.2. The summed E-state index contributed by atoms with van der Waals surface area (Å²) in [6, 6.07) is 5.50. The maximum absolute atomic E-state index is 12.7. The van der Waals surface area contributed by atoms with E-state index in [9.17, 15) is 8.42 Å². The molecule has 0 radical (unpaired) electrons. The van der Waals surface area contributed by atoms with E-state index in [-0.39, 0.29) is 0 Å². The molecule has 0 saturated carbocycles. The molecule has 26 heavy (non-hydrogen) atoms. The summed E-state index contributed by atoms with van der Waals surface area (Å²) in [5.41, 5.74) is 2.89. The van der Waals surface area contributed by atoms with Crippen LogP contribution in [-0.4, -0.2) is 38.0 Å². The third-order valence-corrected chi connectivity index (χ3v) is 6.66. The van der Waals surface area contributed by atoms with E-state index in [0.29, 0.717) is 17.4 Å². The lowest BCUT2D eigenvalue weighted by molar-refractivity contribution is 0.399. The zero-order chi connectivity index (χ0) is 18.7.